The van der Waals surface area contributed by atoms with Gasteiger partial charge in [-0.15, -0.1) is 0 Å². The van der Waals surface area contributed by atoms with E-state index in [9.17, 15) is 4.79 Å². The standard InChI is InChI=1S/C9H15NO2/c1-2-12-8(11)9-4-3-7(10)6(9)5-9/h6-7H,2-5,10H2,1H3/t6-,7-,9+/m0/s1. The molecule has 0 spiro atoms. The van der Waals surface area contributed by atoms with Crippen LogP contribution in [0.1, 0.15) is 26.2 Å². The molecule has 0 heterocycles. The Labute approximate surface area is 72.3 Å². The molecule has 3 heteroatoms. The number of esters is 1. The molecule has 2 saturated carbocycles. The average molecular weight is 169 g/mol. The first-order valence-corrected chi connectivity index (χ1v) is 4.63. The second-order valence-corrected chi connectivity index (χ2v) is 3.89. The van der Waals surface area contributed by atoms with Crippen molar-refractivity contribution in [2.75, 3.05) is 6.61 Å². The second-order valence-electron chi connectivity index (χ2n) is 3.89. The molecule has 0 amide bonds. The van der Waals surface area contributed by atoms with Crippen molar-refractivity contribution in [1.82, 2.24) is 0 Å². The van der Waals surface area contributed by atoms with E-state index in [-0.39, 0.29) is 17.4 Å². The van der Waals surface area contributed by atoms with E-state index < -0.39 is 0 Å². The molecule has 0 aromatic rings. The fourth-order valence-corrected chi connectivity index (χ4v) is 2.42. The topological polar surface area (TPSA) is 52.3 Å². The molecule has 0 aromatic heterocycles. The second kappa shape index (κ2) is 2.46. The summed E-state index contributed by atoms with van der Waals surface area (Å²) < 4.78 is 5.02. The molecule has 0 unspecified atom stereocenters. The lowest BCUT2D eigenvalue weighted by atomic mass is 10.1. The number of carbonyl (C=O) groups is 1. The first kappa shape index (κ1) is 8.05. The van der Waals surface area contributed by atoms with Gasteiger partial charge in [0.05, 0.1) is 12.0 Å². The summed E-state index contributed by atoms with van der Waals surface area (Å²) in [6.07, 6.45) is 2.90. The summed E-state index contributed by atoms with van der Waals surface area (Å²) in [6, 6.07) is 0.245. The van der Waals surface area contributed by atoms with Crippen LogP contribution in [0, 0.1) is 11.3 Å². The molecule has 2 aliphatic rings. The van der Waals surface area contributed by atoms with E-state index in [1.54, 1.807) is 0 Å². The molecule has 0 radical (unpaired) electrons. The Morgan fingerprint density at radius 2 is 2.50 bits per heavy atom. The third kappa shape index (κ3) is 0.891. The van der Waals surface area contributed by atoms with Gasteiger partial charge < -0.3 is 10.5 Å². The van der Waals surface area contributed by atoms with E-state index in [2.05, 4.69) is 0 Å². The fourth-order valence-electron chi connectivity index (χ4n) is 2.42. The normalized spacial score (nSPS) is 43.8. The van der Waals surface area contributed by atoms with Crippen molar-refractivity contribution in [2.24, 2.45) is 17.1 Å². The molecule has 3 atom stereocenters. The van der Waals surface area contributed by atoms with Crippen molar-refractivity contribution in [3.8, 4) is 0 Å². The number of hydrogen-bond acceptors (Lipinski definition) is 3. The molecule has 0 saturated heterocycles. The van der Waals surface area contributed by atoms with Crippen molar-refractivity contribution in [3.63, 3.8) is 0 Å². The van der Waals surface area contributed by atoms with Gasteiger partial charge in [-0.2, -0.15) is 0 Å². The molecule has 2 N–H and O–H groups in total. The molecular formula is C9H15NO2. The average Bonchev–Trinajstić information content (AvgIpc) is 2.70. The highest BCUT2D eigenvalue weighted by molar-refractivity contribution is 5.81. The Kier molecular flexibility index (Phi) is 1.65. The number of carbonyl (C=O) groups excluding carboxylic acids is 1. The van der Waals surface area contributed by atoms with Crippen LogP contribution in [0.5, 0.6) is 0 Å². The lowest BCUT2D eigenvalue weighted by Crippen LogP contribution is -2.21. The van der Waals surface area contributed by atoms with Crippen LogP contribution in [0.4, 0.5) is 0 Å². The summed E-state index contributed by atoms with van der Waals surface area (Å²) in [7, 11) is 0. The molecule has 3 nitrogen and oxygen atoms in total. The lowest BCUT2D eigenvalue weighted by molar-refractivity contribution is -0.150. The maximum atomic E-state index is 11.5. The molecule has 12 heavy (non-hydrogen) atoms. The van der Waals surface area contributed by atoms with Gasteiger partial charge in [-0.05, 0) is 32.1 Å². The zero-order valence-corrected chi connectivity index (χ0v) is 7.38. The highest BCUT2D eigenvalue weighted by atomic mass is 16.5. The van der Waals surface area contributed by atoms with Crippen LogP contribution in [0.2, 0.25) is 0 Å². The van der Waals surface area contributed by atoms with Crippen LogP contribution in [-0.4, -0.2) is 18.6 Å². The summed E-state index contributed by atoms with van der Waals surface area (Å²) >= 11 is 0. The summed E-state index contributed by atoms with van der Waals surface area (Å²) in [5.74, 6) is 0.416. The Morgan fingerprint density at radius 3 is 2.92 bits per heavy atom. The first-order valence-electron chi connectivity index (χ1n) is 4.63. The SMILES string of the molecule is CCOC(=O)[C@@]12CC[C@H](N)[C@@H]1C2. The van der Waals surface area contributed by atoms with Crippen LogP contribution in [0.25, 0.3) is 0 Å². The summed E-state index contributed by atoms with van der Waals surface area (Å²) in [4.78, 5) is 11.5. The van der Waals surface area contributed by atoms with E-state index in [1.807, 2.05) is 6.92 Å². The minimum Gasteiger partial charge on any atom is -0.466 e. The molecule has 0 bridgehead atoms. The maximum Gasteiger partial charge on any atom is 0.312 e. The molecule has 2 aliphatic carbocycles. The predicted octanol–water partition coefficient (Wildman–Crippen LogP) is 0.677. The molecular weight excluding hydrogens is 154 g/mol. The van der Waals surface area contributed by atoms with Crippen molar-refractivity contribution < 1.29 is 9.53 Å². The Balaban J connectivity index is 2.02. The van der Waals surface area contributed by atoms with E-state index in [0.717, 1.165) is 19.3 Å². The molecule has 0 aromatic carbocycles. The Morgan fingerprint density at radius 1 is 1.75 bits per heavy atom. The Hall–Kier alpha value is -0.570. The van der Waals surface area contributed by atoms with Gasteiger partial charge in [-0.1, -0.05) is 0 Å². The van der Waals surface area contributed by atoms with Gasteiger partial charge >= 0.3 is 5.97 Å². The highest BCUT2D eigenvalue weighted by Crippen LogP contribution is 2.63. The van der Waals surface area contributed by atoms with Gasteiger partial charge in [0.2, 0.25) is 0 Å². The smallest absolute Gasteiger partial charge is 0.312 e. The van der Waals surface area contributed by atoms with Gasteiger partial charge in [0.25, 0.3) is 0 Å². The predicted molar refractivity (Wildman–Crippen MR) is 44.4 cm³/mol. The number of fused-ring (bicyclic) bond motifs is 1. The van der Waals surface area contributed by atoms with Crippen molar-refractivity contribution >= 4 is 5.97 Å². The largest absolute Gasteiger partial charge is 0.466 e. The minimum absolute atomic E-state index is 0.0112. The number of rotatable bonds is 2. The summed E-state index contributed by atoms with van der Waals surface area (Å²) in [5, 5.41) is 0. The zero-order valence-electron chi connectivity index (χ0n) is 7.38. The highest BCUT2D eigenvalue weighted by Gasteiger charge is 2.66. The third-order valence-corrected chi connectivity index (χ3v) is 3.26. The molecule has 2 fully saturated rings. The van der Waals surface area contributed by atoms with Gasteiger partial charge in [-0.3, -0.25) is 4.79 Å². The minimum atomic E-state index is -0.143. The van der Waals surface area contributed by atoms with Crippen molar-refractivity contribution in [2.45, 2.75) is 32.2 Å². The monoisotopic (exact) mass is 169 g/mol. The van der Waals surface area contributed by atoms with E-state index in [4.69, 9.17) is 10.5 Å². The van der Waals surface area contributed by atoms with E-state index in [1.165, 1.54) is 0 Å². The van der Waals surface area contributed by atoms with Crippen LogP contribution >= 0.6 is 0 Å². The lowest BCUT2D eigenvalue weighted by Gasteiger charge is -2.09. The quantitative estimate of drug-likeness (QED) is 0.618. The summed E-state index contributed by atoms with van der Waals surface area (Å²) in [6.45, 7) is 2.34. The van der Waals surface area contributed by atoms with Gasteiger partial charge in [0.1, 0.15) is 0 Å². The Bertz CT molecular complexity index is 217. The van der Waals surface area contributed by atoms with E-state index in [0.29, 0.717) is 12.5 Å². The summed E-state index contributed by atoms with van der Waals surface area (Å²) in [5.41, 5.74) is 5.69. The fraction of sp³-hybridized carbons (Fsp3) is 0.889. The van der Waals surface area contributed by atoms with Gasteiger partial charge in [0, 0.05) is 6.04 Å². The number of hydrogen-bond donors (Lipinski definition) is 1. The van der Waals surface area contributed by atoms with Gasteiger partial charge in [-0.25, -0.2) is 0 Å². The molecule has 0 aliphatic heterocycles. The first-order chi connectivity index (χ1) is 5.70. The molecule has 68 valence electrons. The number of ether oxygens (including phenoxy) is 1. The van der Waals surface area contributed by atoms with Gasteiger partial charge in [0.15, 0.2) is 0 Å². The van der Waals surface area contributed by atoms with Crippen LogP contribution in [0.15, 0.2) is 0 Å². The zero-order chi connectivity index (χ0) is 8.77. The third-order valence-electron chi connectivity index (χ3n) is 3.26. The molecule has 2 rings (SSSR count). The number of nitrogens with two attached hydrogens (primary N) is 1. The van der Waals surface area contributed by atoms with Crippen LogP contribution in [-0.2, 0) is 9.53 Å². The maximum absolute atomic E-state index is 11.5. The van der Waals surface area contributed by atoms with E-state index >= 15 is 0 Å². The van der Waals surface area contributed by atoms with Crippen molar-refractivity contribution in [3.05, 3.63) is 0 Å². The van der Waals surface area contributed by atoms with Crippen LogP contribution in [0.3, 0.4) is 0 Å². The van der Waals surface area contributed by atoms with Crippen molar-refractivity contribution in [1.29, 1.82) is 0 Å². The van der Waals surface area contributed by atoms with Crippen LogP contribution < -0.4 is 5.73 Å².